The van der Waals surface area contributed by atoms with Gasteiger partial charge in [0.2, 0.25) is 5.91 Å². The first-order valence-electron chi connectivity index (χ1n) is 8.72. The third kappa shape index (κ3) is 6.62. The number of amides is 1. The van der Waals surface area contributed by atoms with E-state index in [1.54, 1.807) is 21.3 Å². The summed E-state index contributed by atoms with van der Waals surface area (Å²) in [6, 6.07) is 13.2. The van der Waals surface area contributed by atoms with Crippen LogP contribution in [0.25, 0.3) is 0 Å². The third-order valence-corrected chi connectivity index (χ3v) is 4.26. The number of ether oxygens (including phenoxy) is 3. The molecular weight excluding hydrogens is 378 g/mol. The van der Waals surface area contributed by atoms with Crippen molar-refractivity contribution in [1.82, 2.24) is 16.2 Å². The monoisotopic (exact) mass is 403 g/mol. The molecule has 0 heterocycles. The first-order valence-corrected chi connectivity index (χ1v) is 9.13. The summed E-state index contributed by atoms with van der Waals surface area (Å²) in [5.74, 6) is 1.93. The van der Waals surface area contributed by atoms with Crippen LogP contribution in [0, 0.1) is 0 Å². The van der Waals surface area contributed by atoms with Gasteiger partial charge in [-0.15, -0.1) is 0 Å². The fraction of sp³-hybridized carbons (Fsp3) is 0.300. The van der Waals surface area contributed by atoms with Crippen LogP contribution in [-0.4, -0.2) is 32.3 Å². The maximum atomic E-state index is 12.0. The molecule has 0 bridgehead atoms. The van der Waals surface area contributed by atoms with E-state index < -0.39 is 0 Å². The second-order valence-electron chi connectivity index (χ2n) is 5.89. The van der Waals surface area contributed by atoms with Crippen LogP contribution in [0.15, 0.2) is 42.5 Å². The highest BCUT2D eigenvalue weighted by Crippen LogP contribution is 2.27. The van der Waals surface area contributed by atoms with Gasteiger partial charge in [0.15, 0.2) is 16.6 Å². The molecule has 150 valence electrons. The van der Waals surface area contributed by atoms with Crippen LogP contribution in [0.2, 0.25) is 0 Å². The van der Waals surface area contributed by atoms with Crippen molar-refractivity contribution in [3.05, 3.63) is 53.6 Å². The smallest absolute Gasteiger partial charge is 0.238 e. The molecule has 0 saturated carbocycles. The van der Waals surface area contributed by atoms with Crippen molar-refractivity contribution < 1.29 is 19.0 Å². The lowest BCUT2D eigenvalue weighted by molar-refractivity contribution is -0.121. The van der Waals surface area contributed by atoms with Crippen molar-refractivity contribution in [1.29, 1.82) is 0 Å². The van der Waals surface area contributed by atoms with E-state index in [1.807, 2.05) is 42.5 Å². The minimum absolute atomic E-state index is 0.164. The van der Waals surface area contributed by atoms with E-state index in [0.29, 0.717) is 36.0 Å². The summed E-state index contributed by atoms with van der Waals surface area (Å²) >= 11 is 5.17. The summed E-state index contributed by atoms with van der Waals surface area (Å²) < 4.78 is 15.6. The molecule has 2 aromatic rings. The molecule has 7 nitrogen and oxygen atoms in total. The van der Waals surface area contributed by atoms with Gasteiger partial charge in [0.05, 0.1) is 21.3 Å². The van der Waals surface area contributed by atoms with Gasteiger partial charge in [0, 0.05) is 13.0 Å². The summed E-state index contributed by atoms with van der Waals surface area (Å²) in [7, 11) is 4.79. The predicted molar refractivity (Wildman–Crippen MR) is 112 cm³/mol. The highest BCUT2D eigenvalue weighted by Gasteiger charge is 2.07. The van der Waals surface area contributed by atoms with Gasteiger partial charge >= 0.3 is 0 Å². The highest BCUT2D eigenvalue weighted by atomic mass is 32.1. The largest absolute Gasteiger partial charge is 0.497 e. The van der Waals surface area contributed by atoms with E-state index in [1.165, 1.54) is 0 Å². The summed E-state index contributed by atoms with van der Waals surface area (Å²) in [6.45, 7) is 0.539. The Morgan fingerprint density at radius 2 is 1.57 bits per heavy atom. The Labute approximate surface area is 170 Å². The summed E-state index contributed by atoms with van der Waals surface area (Å²) in [5, 5.41) is 3.37. The van der Waals surface area contributed by atoms with E-state index in [0.717, 1.165) is 16.9 Å². The average molecular weight is 404 g/mol. The van der Waals surface area contributed by atoms with Gasteiger partial charge in [0.1, 0.15) is 5.75 Å². The van der Waals surface area contributed by atoms with Gasteiger partial charge in [-0.3, -0.25) is 15.6 Å². The molecule has 0 aromatic heterocycles. The Kier molecular flexibility index (Phi) is 8.36. The zero-order valence-electron chi connectivity index (χ0n) is 16.2. The molecule has 0 aliphatic carbocycles. The SMILES string of the molecule is COc1ccc(CNC(=S)NNC(=O)CCc2ccc(OC)c(OC)c2)cc1. The van der Waals surface area contributed by atoms with Crippen LogP contribution in [0.1, 0.15) is 17.5 Å². The van der Waals surface area contributed by atoms with Crippen molar-refractivity contribution in [2.45, 2.75) is 19.4 Å². The normalized spacial score (nSPS) is 9.96. The van der Waals surface area contributed by atoms with Gasteiger partial charge in [-0.05, 0) is 54.0 Å². The Morgan fingerprint density at radius 3 is 2.21 bits per heavy atom. The molecule has 0 atom stereocenters. The maximum absolute atomic E-state index is 12.0. The zero-order chi connectivity index (χ0) is 20.4. The Bertz CT molecular complexity index is 797. The predicted octanol–water partition coefficient (Wildman–Crippen LogP) is 2.34. The van der Waals surface area contributed by atoms with Crippen LogP contribution in [0.5, 0.6) is 17.2 Å². The molecule has 0 unspecified atom stereocenters. The lowest BCUT2D eigenvalue weighted by Crippen LogP contribution is -2.46. The lowest BCUT2D eigenvalue weighted by atomic mass is 10.1. The number of hydrazine groups is 1. The topological polar surface area (TPSA) is 80.9 Å². The maximum Gasteiger partial charge on any atom is 0.238 e. The van der Waals surface area contributed by atoms with E-state index >= 15 is 0 Å². The zero-order valence-corrected chi connectivity index (χ0v) is 17.0. The van der Waals surface area contributed by atoms with E-state index in [-0.39, 0.29) is 5.91 Å². The number of carbonyl (C=O) groups excluding carboxylic acids is 1. The summed E-state index contributed by atoms with van der Waals surface area (Å²) in [4.78, 5) is 12.0. The number of nitrogens with one attached hydrogen (secondary N) is 3. The molecular formula is C20H25N3O4S. The molecule has 0 saturated heterocycles. The second kappa shape index (κ2) is 11.0. The number of benzene rings is 2. The standard InChI is InChI=1S/C20H25N3O4S/c1-25-16-8-4-15(5-9-16)13-21-20(28)23-22-19(24)11-7-14-6-10-17(26-2)18(12-14)27-3/h4-6,8-10,12H,7,11,13H2,1-3H3,(H,22,24)(H2,21,23,28). The molecule has 28 heavy (non-hydrogen) atoms. The number of thiocarbonyl (C=S) groups is 1. The number of hydrogen-bond acceptors (Lipinski definition) is 5. The number of methoxy groups -OCH3 is 3. The molecule has 0 radical (unpaired) electrons. The van der Waals surface area contributed by atoms with Gasteiger partial charge in [-0.2, -0.15) is 0 Å². The molecule has 2 aromatic carbocycles. The average Bonchev–Trinajstić information content (AvgIpc) is 2.74. The Hall–Kier alpha value is -3.00. The number of rotatable bonds is 8. The quantitative estimate of drug-likeness (QED) is 0.461. The minimum Gasteiger partial charge on any atom is -0.497 e. The van der Waals surface area contributed by atoms with Crippen LogP contribution < -0.4 is 30.4 Å². The number of carbonyl (C=O) groups is 1. The van der Waals surface area contributed by atoms with Gasteiger partial charge < -0.3 is 19.5 Å². The van der Waals surface area contributed by atoms with Gasteiger partial charge in [-0.25, -0.2) is 0 Å². The lowest BCUT2D eigenvalue weighted by Gasteiger charge is -2.12. The number of hydrogen-bond donors (Lipinski definition) is 3. The molecule has 0 fully saturated rings. The fourth-order valence-corrected chi connectivity index (χ4v) is 2.58. The molecule has 2 rings (SSSR count). The van der Waals surface area contributed by atoms with Crippen LogP contribution in [0.4, 0.5) is 0 Å². The fourth-order valence-electron chi connectivity index (χ4n) is 2.45. The van der Waals surface area contributed by atoms with Crippen molar-refractivity contribution in [3.63, 3.8) is 0 Å². The van der Waals surface area contributed by atoms with Crippen LogP contribution in [0.3, 0.4) is 0 Å². The van der Waals surface area contributed by atoms with E-state index in [4.69, 9.17) is 26.4 Å². The highest BCUT2D eigenvalue weighted by molar-refractivity contribution is 7.80. The van der Waals surface area contributed by atoms with Gasteiger partial charge in [0.25, 0.3) is 0 Å². The third-order valence-electron chi connectivity index (χ3n) is 4.02. The molecule has 3 N–H and O–H groups in total. The van der Waals surface area contributed by atoms with Crippen LogP contribution in [-0.2, 0) is 17.8 Å². The molecule has 1 amide bonds. The van der Waals surface area contributed by atoms with E-state index in [2.05, 4.69) is 16.2 Å². The first kappa shape index (κ1) is 21.3. The minimum atomic E-state index is -0.164. The summed E-state index contributed by atoms with van der Waals surface area (Å²) in [5.41, 5.74) is 7.32. The van der Waals surface area contributed by atoms with E-state index in [9.17, 15) is 4.79 Å². The Morgan fingerprint density at radius 1 is 0.893 bits per heavy atom. The summed E-state index contributed by atoms with van der Waals surface area (Å²) in [6.07, 6.45) is 0.878. The Balaban J connectivity index is 1.70. The van der Waals surface area contributed by atoms with Crippen molar-refractivity contribution in [3.8, 4) is 17.2 Å². The van der Waals surface area contributed by atoms with Crippen molar-refractivity contribution in [2.24, 2.45) is 0 Å². The van der Waals surface area contributed by atoms with Gasteiger partial charge in [-0.1, -0.05) is 18.2 Å². The molecule has 0 spiro atoms. The molecule has 0 aliphatic rings. The number of aryl methyl sites for hydroxylation is 1. The van der Waals surface area contributed by atoms with Crippen molar-refractivity contribution in [2.75, 3.05) is 21.3 Å². The van der Waals surface area contributed by atoms with Crippen LogP contribution >= 0.6 is 12.2 Å². The molecule has 8 heteroatoms. The second-order valence-corrected chi connectivity index (χ2v) is 6.30. The molecule has 0 aliphatic heterocycles. The van der Waals surface area contributed by atoms with Crippen molar-refractivity contribution >= 4 is 23.2 Å². The first-order chi connectivity index (χ1) is 13.5.